The maximum atomic E-state index is 13.9. The van der Waals surface area contributed by atoms with Crippen molar-refractivity contribution in [2.45, 2.75) is 33.7 Å². The van der Waals surface area contributed by atoms with Crippen LogP contribution in [0.2, 0.25) is 10.0 Å². The fraction of sp³-hybridized carbons (Fsp3) is 0.222. The van der Waals surface area contributed by atoms with Gasteiger partial charge >= 0.3 is 12.0 Å². The maximum Gasteiger partial charge on any atom is 0.341 e. The topological polar surface area (TPSA) is 87.7 Å². The average Bonchev–Trinajstić information content (AvgIpc) is 3.13. The molecule has 0 unspecified atom stereocenters. The minimum absolute atomic E-state index is 0.214. The second kappa shape index (κ2) is 11.0. The third-order valence-electron chi connectivity index (χ3n) is 6.11. The van der Waals surface area contributed by atoms with E-state index in [1.807, 2.05) is 13.8 Å². The van der Waals surface area contributed by atoms with E-state index in [2.05, 4.69) is 10.6 Å². The Labute approximate surface area is 229 Å². The number of thiophene rings is 1. The molecule has 3 amide bonds. The number of allylic oxidation sites excluding steroid dienone is 1. The number of aryl methyl sites for hydroxylation is 1. The van der Waals surface area contributed by atoms with Gasteiger partial charge in [-0.15, -0.1) is 11.3 Å². The predicted molar refractivity (Wildman–Crippen MR) is 148 cm³/mol. The number of rotatable bonds is 6. The van der Waals surface area contributed by atoms with Crippen LogP contribution in [0, 0.1) is 13.8 Å². The van der Waals surface area contributed by atoms with Crippen molar-refractivity contribution in [3.05, 3.63) is 91.4 Å². The first-order valence-corrected chi connectivity index (χ1v) is 13.1. The summed E-state index contributed by atoms with van der Waals surface area (Å²) in [5.74, 6) is -0.956. The van der Waals surface area contributed by atoms with Gasteiger partial charge in [-0.2, -0.15) is 0 Å². The summed E-state index contributed by atoms with van der Waals surface area (Å²) in [6, 6.07) is 12.5. The van der Waals surface area contributed by atoms with E-state index in [0.717, 1.165) is 10.4 Å². The van der Waals surface area contributed by atoms with Gasteiger partial charge in [0, 0.05) is 20.6 Å². The molecule has 0 saturated heterocycles. The monoisotopic (exact) mass is 557 g/mol. The van der Waals surface area contributed by atoms with E-state index in [4.69, 9.17) is 27.9 Å². The predicted octanol–water partition coefficient (Wildman–Crippen LogP) is 7.03. The van der Waals surface area contributed by atoms with Crippen LogP contribution in [-0.4, -0.2) is 24.5 Å². The molecule has 2 N–H and O–H groups in total. The number of halogens is 2. The van der Waals surface area contributed by atoms with Crippen LogP contribution in [0.3, 0.4) is 0 Å². The van der Waals surface area contributed by atoms with E-state index in [9.17, 15) is 14.4 Å². The third kappa shape index (κ3) is 5.37. The normalized spacial score (nSPS) is 15.5. The molecule has 0 saturated carbocycles. The zero-order valence-corrected chi connectivity index (χ0v) is 23.0. The molecule has 0 fully saturated rings. The fourth-order valence-electron chi connectivity index (χ4n) is 4.18. The molecular weight excluding hydrogens is 533 g/mol. The summed E-state index contributed by atoms with van der Waals surface area (Å²) in [5.41, 5.74) is 3.06. The van der Waals surface area contributed by atoms with Crippen molar-refractivity contribution in [3.63, 3.8) is 0 Å². The van der Waals surface area contributed by atoms with Gasteiger partial charge < -0.3 is 15.4 Å². The van der Waals surface area contributed by atoms with Crippen molar-refractivity contribution in [1.82, 2.24) is 5.32 Å². The molecule has 1 aliphatic rings. The standard InChI is InChI=1S/C27H25Cl2N3O4S/c1-5-36-26(34)21-14(2)16(4)37-25(21)31-24(33)22-15(3)32(20-12-10-19(29)11-13-20)27(35)30-23(22)17-6-8-18(28)9-7-17/h6-13,23H,5H2,1-4H3,(H,30,35)(H,31,33)/t23-/m0/s1. The molecule has 1 atom stereocenters. The first-order valence-electron chi connectivity index (χ1n) is 11.5. The molecule has 0 spiro atoms. The number of amides is 3. The number of urea groups is 1. The van der Waals surface area contributed by atoms with Crippen LogP contribution in [0.15, 0.2) is 59.8 Å². The van der Waals surface area contributed by atoms with Crippen LogP contribution >= 0.6 is 34.5 Å². The molecule has 1 aliphatic heterocycles. The number of carbonyl (C=O) groups is 3. The molecule has 0 radical (unpaired) electrons. The highest BCUT2D eigenvalue weighted by atomic mass is 35.5. The van der Waals surface area contributed by atoms with E-state index >= 15 is 0 Å². The lowest BCUT2D eigenvalue weighted by molar-refractivity contribution is -0.113. The van der Waals surface area contributed by atoms with Crippen molar-refractivity contribution in [2.75, 3.05) is 16.8 Å². The zero-order chi connectivity index (χ0) is 26.9. The lowest BCUT2D eigenvalue weighted by Crippen LogP contribution is -2.48. The molecule has 7 nitrogen and oxygen atoms in total. The number of esters is 1. The number of benzene rings is 2. The third-order valence-corrected chi connectivity index (χ3v) is 7.74. The summed E-state index contributed by atoms with van der Waals surface area (Å²) in [5, 5.41) is 7.30. The van der Waals surface area contributed by atoms with Crippen LogP contribution in [0.5, 0.6) is 0 Å². The minimum Gasteiger partial charge on any atom is -0.462 e. The lowest BCUT2D eigenvalue weighted by Gasteiger charge is -2.35. The summed E-state index contributed by atoms with van der Waals surface area (Å²) in [7, 11) is 0. The van der Waals surface area contributed by atoms with Crippen molar-refractivity contribution in [2.24, 2.45) is 0 Å². The summed E-state index contributed by atoms with van der Waals surface area (Å²) < 4.78 is 5.23. The molecule has 2 heterocycles. The van der Waals surface area contributed by atoms with Gasteiger partial charge in [0.05, 0.1) is 29.5 Å². The molecule has 0 bridgehead atoms. The Kier molecular flexibility index (Phi) is 7.92. The number of ether oxygens (including phenoxy) is 1. The Morgan fingerprint density at radius 1 is 1.03 bits per heavy atom. The number of anilines is 2. The fourth-order valence-corrected chi connectivity index (χ4v) is 5.47. The van der Waals surface area contributed by atoms with Gasteiger partial charge in [-0.3, -0.25) is 9.69 Å². The Morgan fingerprint density at radius 3 is 2.22 bits per heavy atom. The van der Waals surface area contributed by atoms with Crippen LogP contribution in [0.4, 0.5) is 15.5 Å². The smallest absolute Gasteiger partial charge is 0.341 e. The van der Waals surface area contributed by atoms with Gasteiger partial charge in [-0.05, 0) is 75.2 Å². The minimum atomic E-state index is -0.749. The highest BCUT2D eigenvalue weighted by Gasteiger charge is 2.37. The maximum absolute atomic E-state index is 13.9. The van der Waals surface area contributed by atoms with E-state index in [-0.39, 0.29) is 6.61 Å². The molecular formula is C27H25Cl2N3O4S. The summed E-state index contributed by atoms with van der Waals surface area (Å²) >= 11 is 13.4. The lowest BCUT2D eigenvalue weighted by atomic mass is 9.94. The average molecular weight is 558 g/mol. The van der Waals surface area contributed by atoms with Crippen molar-refractivity contribution in [1.29, 1.82) is 0 Å². The number of nitrogens with zero attached hydrogens (tertiary/aromatic N) is 1. The molecule has 2 aromatic carbocycles. The first kappa shape index (κ1) is 26.7. The number of hydrogen-bond donors (Lipinski definition) is 2. The van der Waals surface area contributed by atoms with Crippen molar-refractivity contribution >= 4 is 63.1 Å². The number of hydrogen-bond acceptors (Lipinski definition) is 5. The Hall–Kier alpha value is -3.33. The highest BCUT2D eigenvalue weighted by molar-refractivity contribution is 7.16. The van der Waals surface area contributed by atoms with Crippen molar-refractivity contribution < 1.29 is 19.1 Å². The second-order valence-electron chi connectivity index (χ2n) is 8.41. The SMILES string of the molecule is CCOC(=O)c1c(NC(=O)C2=C(C)N(c3ccc(Cl)cc3)C(=O)N[C@H]2c2ccc(Cl)cc2)sc(C)c1C. The first-order chi connectivity index (χ1) is 17.6. The molecule has 1 aromatic heterocycles. The summed E-state index contributed by atoms with van der Waals surface area (Å²) in [6.07, 6.45) is 0. The molecule has 4 rings (SSSR count). The van der Waals surface area contributed by atoms with Crippen LogP contribution in [-0.2, 0) is 9.53 Å². The summed E-state index contributed by atoms with van der Waals surface area (Å²) in [4.78, 5) is 42.1. The van der Waals surface area contributed by atoms with E-state index in [1.54, 1.807) is 62.4 Å². The van der Waals surface area contributed by atoms with Crippen LogP contribution in [0.1, 0.15) is 46.3 Å². The van der Waals surface area contributed by atoms with Gasteiger partial charge in [0.25, 0.3) is 5.91 Å². The Bertz CT molecular complexity index is 1400. The van der Waals surface area contributed by atoms with Gasteiger partial charge in [0.1, 0.15) is 5.00 Å². The Morgan fingerprint density at radius 2 is 1.62 bits per heavy atom. The summed E-state index contributed by atoms with van der Waals surface area (Å²) in [6.45, 7) is 7.35. The molecule has 37 heavy (non-hydrogen) atoms. The largest absolute Gasteiger partial charge is 0.462 e. The van der Waals surface area contributed by atoms with E-state index in [1.165, 1.54) is 16.2 Å². The van der Waals surface area contributed by atoms with Crippen molar-refractivity contribution in [3.8, 4) is 0 Å². The Balaban J connectivity index is 1.81. The molecule has 3 aromatic rings. The zero-order valence-electron chi connectivity index (χ0n) is 20.6. The van der Waals surface area contributed by atoms with E-state index < -0.39 is 23.9 Å². The van der Waals surface area contributed by atoms with Gasteiger partial charge in [-0.25, -0.2) is 9.59 Å². The van der Waals surface area contributed by atoms with Crippen LogP contribution in [0.25, 0.3) is 0 Å². The molecule has 0 aliphatic carbocycles. The number of nitrogens with one attached hydrogen (secondary N) is 2. The second-order valence-corrected chi connectivity index (χ2v) is 10.5. The highest BCUT2D eigenvalue weighted by Crippen LogP contribution is 2.37. The van der Waals surface area contributed by atoms with Crippen LogP contribution < -0.4 is 15.5 Å². The van der Waals surface area contributed by atoms with Gasteiger partial charge in [0.2, 0.25) is 0 Å². The number of carbonyl (C=O) groups excluding carboxylic acids is 3. The molecule has 10 heteroatoms. The van der Waals surface area contributed by atoms with E-state index in [0.29, 0.717) is 43.1 Å². The van der Waals surface area contributed by atoms with Gasteiger partial charge in [-0.1, -0.05) is 35.3 Å². The molecule has 192 valence electrons. The quantitative estimate of drug-likeness (QED) is 0.318. The van der Waals surface area contributed by atoms with Gasteiger partial charge in [0.15, 0.2) is 0 Å².